The first-order chi connectivity index (χ1) is 10.8. The quantitative estimate of drug-likeness (QED) is 0.832. The minimum atomic E-state index is 0.0596. The van der Waals surface area contributed by atoms with Crippen LogP contribution in [0.4, 0.5) is 4.79 Å². The standard InChI is InChI=1S/C15H25N5O2/c21-15(16-6-2-8-20-11-7-17-18-20)19-9-4-13(5-10-19)14-3-1-12-22-14/h7,11,13-14H,1-6,8-10,12H2,(H,16,21)/t14-/m0/s1. The molecule has 3 rings (SSSR count). The average molecular weight is 307 g/mol. The van der Waals surface area contributed by atoms with E-state index >= 15 is 0 Å². The van der Waals surface area contributed by atoms with Gasteiger partial charge in [0.2, 0.25) is 0 Å². The summed E-state index contributed by atoms with van der Waals surface area (Å²) in [6.45, 7) is 4.06. The number of rotatable bonds is 5. The fourth-order valence-corrected chi connectivity index (χ4v) is 3.35. The Hall–Kier alpha value is -1.63. The molecule has 7 nitrogen and oxygen atoms in total. The molecule has 3 heterocycles. The van der Waals surface area contributed by atoms with Gasteiger partial charge in [0, 0.05) is 39.0 Å². The summed E-state index contributed by atoms with van der Waals surface area (Å²) in [6.07, 6.45) is 9.31. The number of likely N-dealkylation sites (tertiary alicyclic amines) is 1. The number of amides is 2. The number of piperidine rings is 1. The van der Waals surface area contributed by atoms with Crippen molar-refractivity contribution in [3.63, 3.8) is 0 Å². The van der Waals surface area contributed by atoms with Gasteiger partial charge in [0.15, 0.2) is 0 Å². The summed E-state index contributed by atoms with van der Waals surface area (Å²) in [5, 5.41) is 10.7. The molecule has 0 saturated carbocycles. The van der Waals surface area contributed by atoms with Crippen LogP contribution in [0.25, 0.3) is 0 Å². The van der Waals surface area contributed by atoms with Gasteiger partial charge >= 0.3 is 6.03 Å². The molecular weight excluding hydrogens is 282 g/mol. The fraction of sp³-hybridized carbons (Fsp3) is 0.800. The summed E-state index contributed by atoms with van der Waals surface area (Å²) in [5.41, 5.74) is 0. The maximum atomic E-state index is 12.1. The first kappa shape index (κ1) is 15.3. The summed E-state index contributed by atoms with van der Waals surface area (Å²) in [4.78, 5) is 14.1. The number of ether oxygens (including phenoxy) is 1. The average Bonchev–Trinajstić information content (AvgIpc) is 3.25. The molecule has 0 bridgehead atoms. The zero-order valence-electron chi connectivity index (χ0n) is 13.0. The molecule has 0 aromatic carbocycles. The molecule has 22 heavy (non-hydrogen) atoms. The Morgan fingerprint density at radius 1 is 1.32 bits per heavy atom. The Morgan fingerprint density at radius 3 is 2.86 bits per heavy atom. The largest absolute Gasteiger partial charge is 0.378 e. The van der Waals surface area contributed by atoms with Crippen LogP contribution in [0, 0.1) is 5.92 Å². The van der Waals surface area contributed by atoms with Gasteiger partial charge in [-0.15, -0.1) is 5.10 Å². The van der Waals surface area contributed by atoms with Gasteiger partial charge in [-0.05, 0) is 38.0 Å². The number of carbonyl (C=O) groups is 1. The van der Waals surface area contributed by atoms with Gasteiger partial charge in [0.1, 0.15) is 0 Å². The summed E-state index contributed by atoms with van der Waals surface area (Å²) >= 11 is 0. The van der Waals surface area contributed by atoms with Crippen molar-refractivity contribution in [3.8, 4) is 0 Å². The lowest BCUT2D eigenvalue weighted by Crippen LogP contribution is -2.46. The molecule has 1 aromatic heterocycles. The number of hydrogen-bond acceptors (Lipinski definition) is 4. The number of nitrogens with zero attached hydrogens (tertiary/aromatic N) is 4. The second-order valence-electron chi connectivity index (χ2n) is 6.13. The number of nitrogens with one attached hydrogen (secondary N) is 1. The van der Waals surface area contributed by atoms with Crippen molar-refractivity contribution < 1.29 is 9.53 Å². The van der Waals surface area contributed by atoms with Gasteiger partial charge in [-0.3, -0.25) is 4.68 Å². The van der Waals surface area contributed by atoms with Gasteiger partial charge in [0.25, 0.3) is 0 Å². The molecule has 0 radical (unpaired) electrons. The van der Waals surface area contributed by atoms with Crippen LogP contribution in [-0.4, -0.2) is 58.3 Å². The van der Waals surface area contributed by atoms with Gasteiger partial charge in [-0.2, -0.15) is 0 Å². The Balaban J connectivity index is 1.31. The molecule has 2 aliphatic rings. The van der Waals surface area contributed by atoms with E-state index in [1.807, 2.05) is 11.1 Å². The van der Waals surface area contributed by atoms with E-state index in [-0.39, 0.29) is 6.03 Å². The van der Waals surface area contributed by atoms with Crippen LogP contribution in [-0.2, 0) is 11.3 Å². The predicted octanol–water partition coefficient (Wildman–Crippen LogP) is 1.27. The second kappa shape index (κ2) is 7.58. The third-order valence-electron chi connectivity index (χ3n) is 4.63. The van der Waals surface area contributed by atoms with E-state index in [0.717, 1.165) is 45.5 Å². The van der Waals surface area contributed by atoms with E-state index in [1.54, 1.807) is 10.9 Å². The Kier molecular flexibility index (Phi) is 5.26. The van der Waals surface area contributed by atoms with Crippen molar-refractivity contribution in [1.29, 1.82) is 0 Å². The van der Waals surface area contributed by atoms with E-state index in [4.69, 9.17) is 4.74 Å². The molecule has 1 atom stereocenters. The Morgan fingerprint density at radius 2 is 2.18 bits per heavy atom. The molecule has 2 aliphatic heterocycles. The van der Waals surface area contributed by atoms with Crippen LogP contribution >= 0.6 is 0 Å². The maximum Gasteiger partial charge on any atom is 0.317 e. The smallest absolute Gasteiger partial charge is 0.317 e. The van der Waals surface area contributed by atoms with Gasteiger partial charge < -0.3 is 15.0 Å². The lowest BCUT2D eigenvalue weighted by atomic mass is 9.90. The van der Waals surface area contributed by atoms with E-state index < -0.39 is 0 Å². The van der Waals surface area contributed by atoms with Crippen LogP contribution in [0.5, 0.6) is 0 Å². The normalized spacial score (nSPS) is 22.9. The molecular formula is C15H25N5O2. The highest BCUT2D eigenvalue weighted by Gasteiger charge is 2.30. The molecule has 1 aromatic rings. The third kappa shape index (κ3) is 3.97. The lowest BCUT2D eigenvalue weighted by molar-refractivity contribution is 0.0372. The van der Waals surface area contributed by atoms with Crippen molar-refractivity contribution in [1.82, 2.24) is 25.2 Å². The highest BCUT2D eigenvalue weighted by molar-refractivity contribution is 5.74. The molecule has 2 fully saturated rings. The van der Waals surface area contributed by atoms with Crippen molar-refractivity contribution in [2.45, 2.75) is 44.8 Å². The number of aromatic nitrogens is 3. The number of aryl methyl sites for hydroxylation is 1. The molecule has 2 saturated heterocycles. The van der Waals surface area contributed by atoms with E-state index in [9.17, 15) is 4.79 Å². The van der Waals surface area contributed by atoms with Crippen molar-refractivity contribution >= 4 is 6.03 Å². The van der Waals surface area contributed by atoms with Crippen LogP contribution in [0.2, 0.25) is 0 Å². The van der Waals surface area contributed by atoms with Crippen LogP contribution in [0.3, 0.4) is 0 Å². The zero-order valence-corrected chi connectivity index (χ0v) is 13.0. The second-order valence-corrected chi connectivity index (χ2v) is 6.13. The van der Waals surface area contributed by atoms with Gasteiger partial charge in [-0.25, -0.2) is 4.79 Å². The number of urea groups is 1. The monoisotopic (exact) mass is 307 g/mol. The number of carbonyl (C=O) groups excluding carboxylic acids is 1. The fourth-order valence-electron chi connectivity index (χ4n) is 3.35. The van der Waals surface area contributed by atoms with Gasteiger partial charge in [0.05, 0.1) is 12.3 Å². The Labute approximate surface area is 131 Å². The molecule has 7 heteroatoms. The molecule has 0 aliphatic carbocycles. The van der Waals surface area contributed by atoms with Crippen molar-refractivity contribution in [3.05, 3.63) is 12.4 Å². The summed E-state index contributed by atoms with van der Waals surface area (Å²) < 4.78 is 7.55. The maximum absolute atomic E-state index is 12.1. The first-order valence-corrected chi connectivity index (χ1v) is 8.31. The van der Waals surface area contributed by atoms with Crippen LogP contribution < -0.4 is 5.32 Å². The van der Waals surface area contributed by atoms with E-state index in [1.165, 1.54) is 12.8 Å². The number of hydrogen-bond donors (Lipinski definition) is 1. The zero-order chi connectivity index (χ0) is 15.2. The van der Waals surface area contributed by atoms with Crippen molar-refractivity contribution in [2.75, 3.05) is 26.2 Å². The minimum Gasteiger partial charge on any atom is -0.378 e. The molecule has 0 unspecified atom stereocenters. The molecule has 1 N–H and O–H groups in total. The topological polar surface area (TPSA) is 72.3 Å². The minimum absolute atomic E-state index is 0.0596. The van der Waals surface area contributed by atoms with Crippen LogP contribution in [0.1, 0.15) is 32.1 Å². The van der Waals surface area contributed by atoms with E-state index in [2.05, 4.69) is 15.6 Å². The van der Waals surface area contributed by atoms with Crippen LogP contribution in [0.15, 0.2) is 12.4 Å². The highest BCUT2D eigenvalue weighted by Crippen LogP contribution is 2.28. The Bertz CT molecular complexity index is 451. The highest BCUT2D eigenvalue weighted by atomic mass is 16.5. The third-order valence-corrected chi connectivity index (χ3v) is 4.63. The molecule has 2 amide bonds. The lowest BCUT2D eigenvalue weighted by Gasteiger charge is -2.34. The summed E-state index contributed by atoms with van der Waals surface area (Å²) in [6, 6.07) is 0.0596. The van der Waals surface area contributed by atoms with Gasteiger partial charge in [-0.1, -0.05) is 5.21 Å². The summed E-state index contributed by atoms with van der Waals surface area (Å²) in [5.74, 6) is 0.638. The molecule has 0 spiro atoms. The van der Waals surface area contributed by atoms with Crippen molar-refractivity contribution in [2.24, 2.45) is 5.92 Å². The summed E-state index contributed by atoms with van der Waals surface area (Å²) in [7, 11) is 0. The SMILES string of the molecule is O=C(NCCCn1ccnn1)N1CCC([C@@H]2CCCO2)CC1. The predicted molar refractivity (Wildman–Crippen MR) is 81.3 cm³/mol. The van der Waals surface area contributed by atoms with E-state index in [0.29, 0.717) is 18.6 Å². The molecule has 122 valence electrons. The first-order valence-electron chi connectivity index (χ1n) is 8.31.